The number of carbonyl (C=O) groups excluding carboxylic acids is 3. The van der Waals surface area contributed by atoms with E-state index < -0.39 is 17.7 Å². The van der Waals surface area contributed by atoms with E-state index >= 15 is 0 Å². The maximum Gasteiger partial charge on any atom is 0.262 e. The summed E-state index contributed by atoms with van der Waals surface area (Å²) in [5.41, 5.74) is 2.43. The van der Waals surface area contributed by atoms with Crippen LogP contribution in [0.2, 0.25) is 0 Å². The van der Waals surface area contributed by atoms with Gasteiger partial charge >= 0.3 is 0 Å². The molecule has 144 valence electrons. The van der Waals surface area contributed by atoms with Crippen molar-refractivity contribution in [1.82, 2.24) is 20.2 Å². The minimum absolute atomic E-state index is 0.0959. The highest BCUT2D eigenvalue weighted by atomic mass is 19.1. The van der Waals surface area contributed by atoms with E-state index in [0.717, 1.165) is 4.90 Å². The van der Waals surface area contributed by atoms with Crippen molar-refractivity contribution in [2.75, 3.05) is 6.54 Å². The summed E-state index contributed by atoms with van der Waals surface area (Å²) in [6, 6.07) is 14.0. The Balaban J connectivity index is 1.39. The first kappa shape index (κ1) is 18.4. The third kappa shape index (κ3) is 3.73. The number of hydrogen-bond acceptors (Lipinski definition) is 5. The minimum Gasteiger partial charge on any atom is -0.349 e. The highest BCUT2D eigenvalue weighted by molar-refractivity contribution is 6.22. The first-order valence-electron chi connectivity index (χ1n) is 8.82. The molecule has 0 bridgehead atoms. The first-order chi connectivity index (χ1) is 14.0. The first-order valence-corrected chi connectivity index (χ1v) is 8.82. The van der Waals surface area contributed by atoms with Gasteiger partial charge in [-0.2, -0.15) is 0 Å². The lowest BCUT2D eigenvalue weighted by atomic mass is 10.1. The van der Waals surface area contributed by atoms with Crippen LogP contribution in [0.15, 0.2) is 60.9 Å². The summed E-state index contributed by atoms with van der Waals surface area (Å²) in [5, 5.41) is 2.65. The van der Waals surface area contributed by atoms with Gasteiger partial charge in [0.05, 0.1) is 29.1 Å². The molecule has 4 rings (SSSR count). The van der Waals surface area contributed by atoms with Crippen LogP contribution >= 0.6 is 0 Å². The predicted molar refractivity (Wildman–Crippen MR) is 101 cm³/mol. The highest BCUT2D eigenvalue weighted by Crippen LogP contribution is 2.22. The Hall–Kier alpha value is -3.94. The van der Waals surface area contributed by atoms with Crippen LogP contribution in [0.25, 0.3) is 11.3 Å². The minimum atomic E-state index is -0.485. The van der Waals surface area contributed by atoms with Crippen LogP contribution in [0.4, 0.5) is 4.39 Å². The second-order valence-corrected chi connectivity index (χ2v) is 6.42. The van der Waals surface area contributed by atoms with E-state index in [1.807, 2.05) is 0 Å². The summed E-state index contributed by atoms with van der Waals surface area (Å²) in [5.74, 6) is -1.80. The van der Waals surface area contributed by atoms with Crippen molar-refractivity contribution in [3.63, 3.8) is 0 Å². The van der Waals surface area contributed by atoms with E-state index in [-0.39, 0.29) is 18.9 Å². The van der Waals surface area contributed by atoms with Gasteiger partial charge in [0.15, 0.2) is 0 Å². The lowest BCUT2D eigenvalue weighted by Gasteiger charge is -2.13. The molecule has 29 heavy (non-hydrogen) atoms. The molecular formula is C21H15FN4O3. The number of benzene rings is 2. The molecule has 0 spiro atoms. The van der Waals surface area contributed by atoms with Gasteiger partial charge in [-0.1, -0.05) is 12.1 Å². The standard InChI is InChI=1S/C21H15FN4O3/c22-14-7-5-13(6-8-14)18-9-15(24-12-25-18)10-23-19(27)11-26-20(28)16-3-1-2-4-17(16)21(26)29/h1-9,12H,10-11H2,(H,23,27). The van der Waals surface area contributed by atoms with Gasteiger partial charge in [0.2, 0.25) is 5.91 Å². The lowest BCUT2D eigenvalue weighted by molar-refractivity contribution is -0.121. The maximum absolute atomic E-state index is 13.1. The molecule has 0 atom stereocenters. The summed E-state index contributed by atoms with van der Waals surface area (Å²) in [7, 11) is 0. The number of nitrogens with zero attached hydrogens (tertiary/aromatic N) is 3. The number of rotatable bonds is 5. The molecule has 0 saturated carbocycles. The molecule has 1 aliphatic heterocycles. The molecule has 0 fully saturated rings. The largest absolute Gasteiger partial charge is 0.349 e. The molecule has 1 N–H and O–H groups in total. The summed E-state index contributed by atoms with van der Waals surface area (Å²) in [4.78, 5) is 46.1. The number of halogens is 1. The van der Waals surface area contributed by atoms with Crippen molar-refractivity contribution in [3.8, 4) is 11.3 Å². The van der Waals surface area contributed by atoms with Gasteiger partial charge in [0, 0.05) is 5.56 Å². The van der Waals surface area contributed by atoms with Crippen molar-refractivity contribution in [2.24, 2.45) is 0 Å². The van der Waals surface area contributed by atoms with Crippen LogP contribution in [0.5, 0.6) is 0 Å². The van der Waals surface area contributed by atoms with Crippen molar-refractivity contribution in [2.45, 2.75) is 6.54 Å². The second kappa shape index (κ2) is 7.59. The Labute approximate surface area is 165 Å². The molecule has 1 aromatic heterocycles. The fourth-order valence-electron chi connectivity index (χ4n) is 3.04. The zero-order chi connectivity index (χ0) is 20.4. The Morgan fingerprint density at radius 1 is 0.966 bits per heavy atom. The molecule has 2 heterocycles. The van der Waals surface area contributed by atoms with E-state index in [1.54, 1.807) is 42.5 Å². The number of carbonyl (C=O) groups is 3. The van der Waals surface area contributed by atoms with E-state index in [4.69, 9.17) is 0 Å². The van der Waals surface area contributed by atoms with Crippen LogP contribution in [-0.4, -0.2) is 39.1 Å². The summed E-state index contributed by atoms with van der Waals surface area (Å²) in [6.45, 7) is -0.277. The summed E-state index contributed by atoms with van der Waals surface area (Å²) in [6.07, 6.45) is 1.35. The smallest absolute Gasteiger partial charge is 0.262 e. The van der Waals surface area contributed by atoms with Crippen LogP contribution < -0.4 is 5.32 Å². The van der Waals surface area contributed by atoms with E-state index in [9.17, 15) is 18.8 Å². The van der Waals surface area contributed by atoms with Crippen molar-refractivity contribution in [1.29, 1.82) is 0 Å². The Kier molecular flexibility index (Phi) is 4.82. The zero-order valence-electron chi connectivity index (χ0n) is 15.1. The quantitative estimate of drug-likeness (QED) is 0.675. The monoisotopic (exact) mass is 390 g/mol. The van der Waals surface area contributed by atoms with Crippen LogP contribution in [-0.2, 0) is 11.3 Å². The van der Waals surface area contributed by atoms with Gasteiger partial charge < -0.3 is 5.32 Å². The van der Waals surface area contributed by atoms with Gasteiger partial charge in [0.1, 0.15) is 18.7 Å². The second-order valence-electron chi connectivity index (χ2n) is 6.42. The number of amides is 3. The molecule has 3 aromatic rings. The molecule has 3 amide bonds. The van der Waals surface area contributed by atoms with Gasteiger partial charge in [-0.25, -0.2) is 14.4 Å². The fraction of sp³-hybridized carbons (Fsp3) is 0.0952. The molecule has 8 heteroatoms. The summed E-state index contributed by atoms with van der Waals surface area (Å²) < 4.78 is 13.1. The molecule has 0 unspecified atom stereocenters. The molecule has 0 radical (unpaired) electrons. The van der Waals surface area contributed by atoms with E-state index in [2.05, 4.69) is 15.3 Å². The van der Waals surface area contributed by atoms with E-state index in [1.165, 1.54) is 18.5 Å². The number of nitrogens with one attached hydrogen (secondary N) is 1. The van der Waals surface area contributed by atoms with Gasteiger partial charge in [-0.05, 0) is 42.5 Å². The number of imide groups is 1. The number of hydrogen-bond donors (Lipinski definition) is 1. The Morgan fingerprint density at radius 2 is 1.62 bits per heavy atom. The Bertz CT molecular complexity index is 1080. The average molecular weight is 390 g/mol. The maximum atomic E-state index is 13.1. The van der Waals surface area contributed by atoms with Crippen molar-refractivity contribution in [3.05, 3.63) is 83.6 Å². The molecule has 7 nitrogen and oxygen atoms in total. The van der Waals surface area contributed by atoms with Gasteiger partial charge in [-0.15, -0.1) is 0 Å². The third-order valence-electron chi connectivity index (χ3n) is 4.51. The van der Waals surface area contributed by atoms with Gasteiger partial charge in [-0.3, -0.25) is 19.3 Å². The SMILES string of the molecule is O=C(CN1C(=O)c2ccccc2C1=O)NCc1cc(-c2ccc(F)cc2)ncn1. The molecular weight excluding hydrogens is 375 g/mol. The van der Waals surface area contributed by atoms with Crippen molar-refractivity contribution >= 4 is 17.7 Å². The normalized spacial score (nSPS) is 12.8. The number of fused-ring (bicyclic) bond motifs is 1. The molecule has 2 aromatic carbocycles. The molecule has 0 aliphatic carbocycles. The lowest BCUT2D eigenvalue weighted by Crippen LogP contribution is -2.40. The highest BCUT2D eigenvalue weighted by Gasteiger charge is 2.36. The van der Waals surface area contributed by atoms with E-state index in [0.29, 0.717) is 28.1 Å². The zero-order valence-corrected chi connectivity index (χ0v) is 15.1. The summed E-state index contributed by atoms with van der Waals surface area (Å²) >= 11 is 0. The fourth-order valence-corrected chi connectivity index (χ4v) is 3.04. The number of aromatic nitrogens is 2. The van der Waals surface area contributed by atoms with Crippen molar-refractivity contribution < 1.29 is 18.8 Å². The van der Waals surface area contributed by atoms with Gasteiger partial charge in [0.25, 0.3) is 11.8 Å². The predicted octanol–water partition coefficient (Wildman–Crippen LogP) is 2.20. The van der Waals surface area contributed by atoms with Crippen LogP contribution in [0.1, 0.15) is 26.4 Å². The molecule has 0 saturated heterocycles. The topological polar surface area (TPSA) is 92.3 Å². The molecule has 1 aliphatic rings. The third-order valence-corrected chi connectivity index (χ3v) is 4.51. The van der Waals surface area contributed by atoms with Crippen LogP contribution in [0, 0.1) is 5.82 Å². The average Bonchev–Trinajstić information content (AvgIpc) is 2.98. The van der Waals surface area contributed by atoms with Crippen LogP contribution in [0.3, 0.4) is 0 Å². The Morgan fingerprint density at radius 3 is 2.28 bits per heavy atom.